The second-order valence-corrected chi connectivity index (χ2v) is 4.99. The number of benzene rings is 1. The lowest BCUT2D eigenvalue weighted by molar-refractivity contribution is 0.0692. The van der Waals surface area contributed by atoms with Gasteiger partial charge in [-0.3, -0.25) is 0 Å². The maximum absolute atomic E-state index is 13.8. The van der Waals surface area contributed by atoms with E-state index in [-0.39, 0.29) is 22.0 Å². The number of nitrogen functional groups attached to an aromatic ring is 1. The van der Waals surface area contributed by atoms with Crippen LogP contribution in [0.1, 0.15) is 10.5 Å². The van der Waals surface area contributed by atoms with Gasteiger partial charge < -0.3 is 10.8 Å². The molecule has 1 aromatic carbocycles. The third-order valence-electron chi connectivity index (χ3n) is 2.45. The van der Waals surface area contributed by atoms with E-state index in [1.165, 1.54) is 24.3 Å². The van der Waals surface area contributed by atoms with E-state index in [0.717, 1.165) is 0 Å². The Hall–Kier alpha value is -1.66. The van der Waals surface area contributed by atoms with Crippen molar-refractivity contribution in [3.8, 4) is 11.1 Å². The van der Waals surface area contributed by atoms with Gasteiger partial charge in [-0.25, -0.2) is 14.2 Å². The molecule has 0 amide bonds. The fourth-order valence-electron chi connectivity index (χ4n) is 1.61. The van der Waals surface area contributed by atoms with Crippen LogP contribution < -0.4 is 5.73 Å². The zero-order valence-electron chi connectivity index (χ0n) is 9.32. The van der Waals surface area contributed by atoms with Crippen LogP contribution in [0.25, 0.3) is 11.1 Å². The maximum Gasteiger partial charge on any atom is 0.356 e. The van der Waals surface area contributed by atoms with Gasteiger partial charge in [0.2, 0.25) is 0 Å². The summed E-state index contributed by atoms with van der Waals surface area (Å²) in [4.78, 5) is 14.6. The van der Waals surface area contributed by atoms with Gasteiger partial charge in [0, 0.05) is 15.6 Å². The molecule has 0 bridgehead atoms. The van der Waals surface area contributed by atoms with Crippen molar-refractivity contribution in [3.05, 3.63) is 45.4 Å². The molecular formula is C12H7BrClFN2O2. The first-order valence-corrected chi connectivity index (χ1v) is 6.22. The van der Waals surface area contributed by atoms with Gasteiger partial charge in [-0.2, -0.15) is 0 Å². The summed E-state index contributed by atoms with van der Waals surface area (Å²) in [6, 6.07) is 5.58. The summed E-state index contributed by atoms with van der Waals surface area (Å²) < 4.78 is 14.4. The van der Waals surface area contributed by atoms with E-state index in [2.05, 4.69) is 20.9 Å². The highest BCUT2D eigenvalue weighted by atomic mass is 79.9. The number of nitrogens with two attached hydrogens (primary N) is 1. The lowest BCUT2D eigenvalue weighted by Crippen LogP contribution is -2.07. The molecule has 0 saturated heterocycles. The summed E-state index contributed by atoms with van der Waals surface area (Å²) in [6.07, 6.45) is 0. The highest BCUT2D eigenvalue weighted by Crippen LogP contribution is 2.33. The molecule has 0 aliphatic carbocycles. The second-order valence-electron chi connectivity index (χ2n) is 3.68. The van der Waals surface area contributed by atoms with Gasteiger partial charge in [0.15, 0.2) is 5.69 Å². The number of carbonyl (C=O) groups is 1. The van der Waals surface area contributed by atoms with E-state index in [1.807, 2.05) is 0 Å². The van der Waals surface area contributed by atoms with Crippen LogP contribution >= 0.6 is 27.5 Å². The molecule has 0 aliphatic heterocycles. The molecule has 3 N–H and O–H groups in total. The van der Waals surface area contributed by atoms with Crippen molar-refractivity contribution in [2.45, 2.75) is 0 Å². The number of anilines is 1. The third-order valence-corrected chi connectivity index (χ3v) is 3.14. The van der Waals surface area contributed by atoms with E-state index in [4.69, 9.17) is 22.4 Å². The number of hydrogen-bond donors (Lipinski definition) is 2. The number of aromatic carboxylic acids is 1. The Morgan fingerprint density at radius 2 is 2.05 bits per heavy atom. The molecule has 98 valence electrons. The molecule has 2 rings (SSSR count). The number of halogens is 3. The van der Waals surface area contributed by atoms with Gasteiger partial charge >= 0.3 is 5.97 Å². The first-order valence-electron chi connectivity index (χ1n) is 5.05. The molecule has 2 aromatic rings. The zero-order valence-corrected chi connectivity index (χ0v) is 11.7. The first kappa shape index (κ1) is 13.8. The minimum atomic E-state index is -1.32. The summed E-state index contributed by atoms with van der Waals surface area (Å²) in [5.41, 5.74) is 5.53. The number of rotatable bonds is 2. The van der Waals surface area contributed by atoms with Gasteiger partial charge in [0.1, 0.15) is 11.0 Å². The molecule has 0 radical (unpaired) electrons. The Bertz CT molecular complexity index is 679. The Kier molecular flexibility index (Phi) is 3.73. The third kappa shape index (κ3) is 2.69. The van der Waals surface area contributed by atoms with Crippen LogP contribution in [0.15, 0.2) is 28.7 Å². The lowest BCUT2D eigenvalue weighted by atomic mass is 10.0. The van der Waals surface area contributed by atoms with E-state index in [0.29, 0.717) is 4.47 Å². The minimum absolute atomic E-state index is 0.0685. The molecule has 0 atom stereocenters. The summed E-state index contributed by atoms with van der Waals surface area (Å²) in [6.45, 7) is 0. The molecule has 0 fully saturated rings. The molecule has 19 heavy (non-hydrogen) atoms. The molecule has 7 heteroatoms. The highest BCUT2D eigenvalue weighted by molar-refractivity contribution is 9.10. The smallest absolute Gasteiger partial charge is 0.356 e. The predicted molar refractivity (Wildman–Crippen MR) is 73.7 cm³/mol. The number of pyridine rings is 1. The number of aromatic nitrogens is 1. The SMILES string of the molecule is Nc1c(-c2cc(Br)ccc2F)cc(Cl)nc1C(=O)O. The molecule has 1 aromatic heterocycles. The fourth-order valence-corrected chi connectivity index (χ4v) is 2.17. The molecule has 0 saturated carbocycles. The Labute approximate surface area is 121 Å². The summed E-state index contributed by atoms with van der Waals surface area (Å²) in [5, 5.41) is 8.91. The standard InChI is InChI=1S/C12H7BrClFN2O2/c13-5-1-2-8(15)6(3-5)7-4-9(14)17-11(10(7)16)12(18)19/h1-4H,16H2,(H,18,19). The van der Waals surface area contributed by atoms with E-state index >= 15 is 0 Å². The summed E-state index contributed by atoms with van der Waals surface area (Å²) in [5.74, 6) is -1.86. The van der Waals surface area contributed by atoms with Crippen LogP contribution in [-0.4, -0.2) is 16.1 Å². The topological polar surface area (TPSA) is 76.2 Å². The fraction of sp³-hybridized carbons (Fsp3) is 0. The van der Waals surface area contributed by atoms with Gasteiger partial charge in [-0.1, -0.05) is 27.5 Å². The van der Waals surface area contributed by atoms with Crippen LogP contribution in [0.5, 0.6) is 0 Å². The second kappa shape index (κ2) is 5.14. The number of carboxylic acid groups (broad SMARTS) is 1. The molecule has 0 spiro atoms. The van der Waals surface area contributed by atoms with Crippen molar-refractivity contribution in [1.82, 2.24) is 4.98 Å². The monoisotopic (exact) mass is 344 g/mol. The van der Waals surface area contributed by atoms with E-state index in [1.54, 1.807) is 0 Å². The van der Waals surface area contributed by atoms with Crippen LogP contribution in [0.4, 0.5) is 10.1 Å². The largest absolute Gasteiger partial charge is 0.476 e. The van der Waals surface area contributed by atoms with Gasteiger partial charge in [-0.15, -0.1) is 0 Å². The van der Waals surface area contributed by atoms with Crippen molar-refractivity contribution in [2.24, 2.45) is 0 Å². The minimum Gasteiger partial charge on any atom is -0.476 e. The molecule has 4 nitrogen and oxygen atoms in total. The van der Waals surface area contributed by atoms with Crippen molar-refractivity contribution in [3.63, 3.8) is 0 Å². The Morgan fingerprint density at radius 1 is 1.37 bits per heavy atom. The van der Waals surface area contributed by atoms with Crippen LogP contribution in [0, 0.1) is 5.82 Å². The van der Waals surface area contributed by atoms with Gasteiger partial charge in [0.25, 0.3) is 0 Å². The maximum atomic E-state index is 13.8. The number of carboxylic acids is 1. The van der Waals surface area contributed by atoms with Crippen molar-refractivity contribution < 1.29 is 14.3 Å². The summed E-state index contributed by atoms with van der Waals surface area (Å²) in [7, 11) is 0. The average Bonchev–Trinajstić information content (AvgIpc) is 2.34. The molecule has 0 aliphatic rings. The van der Waals surface area contributed by atoms with Crippen molar-refractivity contribution >= 4 is 39.2 Å². The van der Waals surface area contributed by atoms with Crippen molar-refractivity contribution in [1.29, 1.82) is 0 Å². The predicted octanol–water partition coefficient (Wildman–Crippen LogP) is 3.58. The van der Waals surface area contributed by atoms with E-state index < -0.39 is 17.5 Å². The highest BCUT2D eigenvalue weighted by Gasteiger charge is 2.18. The molecule has 1 heterocycles. The Balaban J connectivity index is 2.75. The number of hydrogen-bond acceptors (Lipinski definition) is 3. The quantitative estimate of drug-likeness (QED) is 0.816. The average molecular weight is 346 g/mol. The van der Waals surface area contributed by atoms with Crippen molar-refractivity contribution in [2.75, 3.05) is 5.73 Å². The first-order chi connectivity index (χ1) is 8.90. The van der Waals surface area contributed by atoms with Crippen LogP contribution in [0.3, 0.4) is 0 Å². The van der Waals surface area contributed by atoms with E-state index in [9.17, 15) is 9.18 Å². The molecule has 0 unspecified atom stereocenters. The number of nitrogens with zero attached hydrogens (tertiary/aromatic N) is 1. The zero-order chi connectivity index (χ0) is 14.2. The molecular weight excluding hydrogens is 338 g/mol. The van der Waals surface area contributed by atoms with Gasteiger partial charge in [-0.05, 0) is 24.3 Å². The lowest BCUT2D eigenvalue weighted by Gasteiger charge is -2.10. The van der Waals surface area contributed by atoms with Crippen LogP contribution in [-0.2, 0) is 0 Å². The van der Waals surface area contributed by atoms with Gasteiger partial charge in [0.05, 0.1) is 5.69 Å². The normalized spacial score (nSPS) is 10.5. The van der Waals surface area contributed by atoms with Crippen LogP contribution in [0.2, 0.25) is 5.15 Å². The summed E-state index contributed by atoms with van der Waals surface area (Å²) >= 11 is 8.96. The Morgan fingerprint density at radius 3 is 2.68 bits per heavy atom.